The molecule has 0 bridgehead atoms. The largest absolute Gasteiger partial charge is 0.381 e. The van der Waals surface area contributed by atoms with Gasteiger partial charge in [-0.2, -0.15) is 0 Å². The lowest BCUT2D eigenvalue weighted by Gasteiger charge is -2.35. The van der Waals surface area contributed by atoms with Gasteiger partial charge < -0.3 is 4.74 Å². The van der Waals surface area contributed by atoms with E-state index in [-0.39, 0.29) is 17.2 Å². The first kappa shape index (κ1) is 10.6. The van der Waals surface area contributed by atoms with E-state index in [1.807, 2.05) is 27.7 Å². The summed E-state index contributed by atoms with van der Waals surface area (Å²) in [5, 5.41) is 0. The third-order valence-corrected chi connectivity index (χ3v) is 2.89. The van der Waals surface area contributed by atoms with E-state index >= 15 is 0 Å². The van der Waals surface area contributed by atoms with Crippen LogP contribution in [0.1, 0.15) is 40.5 Å². The number of hydrogen-bond acceptors (Lipinski definition) is 2. The molecular weight excluding hydrogens is 166 g/mol. The Hall–Kier alpha value is -0.440. The number of rotatable bonds is 1. The quantitative estimate of drug-likeness (QED) is 0.587. The molecule has 0 radical (unpaired) electrons. The van der Waals surface area contributed by atoms with Gasteiger partial charge >= 0.3 is 0 Å². The molecule has 1 saturated heterocycles. The molecule has 1 heterocycles. The molecule has 0 unspecified atom stereocenters. The second-order valence-corrected chi connectivity index (χ2v) is 5.19. The number of ether oxygens (including phenoxy) is 1. The molecule has 0 aromatic carbocycles. The van der Waals surface area contributed by atoms with Crippen molar-refractivity contribution in [1.82, 2.24) is 0 Å². The Bertz CT molecular complexity index is 201. The van der Waals surface area contributed by atoms with Crippen LogP contribution in [0.2, 0.25) is 0 Å². The Balaban J connectivity index is 2.88. The summed E-state index contributed by atoms with van der Waals surface area (Å²) in [4.78, 5) is 11.9. The predicted molar refractivity (Wildman–Crippen MR) is 51.8 cm³/mol. The minimum atomic E-state index is -0.303. The van der Waals surface area contributed by atoms with Crippen LogP contribution in [-0.4, -0.2) is 29.1 Å². The summed E-state index contributed by atoms with van der Waals surface area (Å²) in [6, 6.07) is 0. The van der Waals surface area contributed by atoms with Crippen molar-refractivity contribution in [2.45, 2.75) is 57.7 Å². The molecule has 1 rings (SSSR count). The number of nitrogens with zero attached hydrogens (tertiary/aromatic N) is 1. The van der Waals surface area contributed by atoms with Crippen LogP contribution >= 0.6 is 0 Å². The molecule has 0 aliphatic carbocycles. The van der Waals surface area contributed by atoms with Gasteiger partial charge in [0.25, 0.3) is 0 Å². The SMILES string of the molecule is COC1CC(C)(C)[N+](=O)C(C)(C)C1. The highest BCUT2D eigenvalue weighted by Gasteiger charge is 2.53. The molecule has 0 amide bonds. The summed E-state index contributed by atoms with van der Waals surface area (Å²) in [6.45, 7) is 7.92. The van der Waals surface area contributed by atoms with Crippen molar-refractivity contribution in [1.29, 1.82) is 0 Å². The van der Waals surface area contributed by atoms with Crippen LogP contribution in [0, 0.1) is 4.91 Å². The standard InChI is InChI=1S/C10H20NO2/c1-9(2)6-8(13-5)7-10(3,4)11(9)12/h8H,6-7H2,1-5H3/q+1. The van der Waals surface area contributed by atoms with E-state index in [0.717, 1.165) is 12.8 Å². The Labute approximate surface area is 80.0 Å². The molecule has 0 aromatic rings. The third-order valence-electron chi connectivity index (χ3n) is 2.89. The smallest absolute Gasteiger partial charge is 0.208 e. The first-order chi connectivity index (χ1) is 5.79. The van der Waals surface area contributed by atoms with Gasteiger partial charge in [0.05, 0.1) is 6.10 Å². The van der Waals surface area contributed by atoms with Crippen LogP contribution < -0.4 is 0 Å². The summed E-state index contributed by atoms with van der Waals surface area (Å²) in [5.41, 5.74) is -0.606. The summed E-state index contributed by atoms with van der Waals surface area (Å²) in [6.07, 6.45) is 1.85. The topological polar surface area (TPSA) is 29.3 Å². The lowest BCUT2D eigenvalue weighted by molar-refractivity contribution is -0.695. The van der Waals surface area contributed by atoms with Crippen LogP contribution in [-0.2, 0) is 4.74 Å². The third kappa shape index (κ3) is 1.90. The maximum atomic E-state index is 11.9. The molecule has 3 heteroatoms. The normalized spacial score (nSPS) is 27.6. The molecule has 1 aliphatic rings. The highest BCUT2D eigenvalue weighted by Crippen LogP contribution is 2.35. The first-order valence-electron chi connectivity index (χ1n) is 4.80. The number of methoxy groups -OCH3 is 1. The molecule has 1 aliphatic heterocycles. The summed E-state index contributed by atoms with van der Waals surface area (Å²) in [5.74, 6) is 0. The van der Waals surface area contributed by atoms with Crippen molar-refractivity contribution in [3.05, 3.63) is 4.91 Å². The molecule has 1 fully saturated rings. The maximum Gasteiger partial charge on any atom is 0.208 e. The van der Waals surface area contributed by atoms with Crippen LogP contribution in [0.5, 0.6) is 0 Å². The molecule has 76 valence electrons. The minimum Gasteiger partial charge on any atom is -0.381 e. The molecule has 0 N–H and O–H groups in total. The van der Waals surface area contributed by atoms with Gasteiger partial charge in [-0.05, 0) is 0 Å². The predicted octanol–water partition coefficient (Wildman–Crippen LogP) is 2.13. The van der Waals surface area contributed by atoms with Crippen molar-refractivity contribution in [3.63, 3.8) is 0 Å². The van der Waals surface area contributed by atoms with Crippen molar-refractivity contribution in [3.8, 4) is 0 Å². The van der Waals surface area contributed by atoms with Gasteiger partial charge in [0.1, 0.15) is 0 Å². The molecular formula is C10H20NO2+. The van der Waals surface area contributed by atoms with E-state index in [2.05, 4.69) is 0 Å². The van der Waals surface area contributed by atoms with Gasteiger partial charge in [0, 0.05) is 57.3 Å². The Morgan fingerprint density at radius 2 is 1.54 bits per heavy atom. The lowest BCUT2D eigenvalue weighted by atomic mass is 9.80. The molecule has 0 spiro atoms. The average Bonchev–Trinajstić information content (AvgIpc) is 1.99. The summed E-state index contributed by atoms with van der Waals surface area (Å²) >= 11 is 0. The van der Waals surface area contributed by atoms with Crippen LogP contribution in [0.3, 0.4) is 0 Å². The summed E-state index contributed by atoms with van der Waals surface area (Å²) < 4.78 is 6.56. The van der Waals surface area contributed by atoms with Gasteiger partial charge in [0.2, 0.25) is 11.1 Å². The highest BCUT2D eigenvalue weighted by atomic mass is 16.5. The first-order valence-corrected chi connectivity index (χ1v) is 4.80. The van der Waals surface area contributed by atoms with Gasteiger partial charge in [-0.1, -0.05) is 0 Å². The minimum absolute atomic E-state index is 0.218. The molecule has 0 aromatic heterocycles. The van der Waals surface area contributed by atoms with Crippen molar-refractivity contribution < 1.29 is 9.50 Å². The molecule has 0 atom stereocenters. The number of nitroso groups, excluding NO2 is 1. The van der Waals surface area contributed by atoms with Crippen LogP contribution in [0.4, 0.5) is 0 Å². The van der Waals surface area contributed by atoms with E-state index in [1.165, 1.54) is 4.76 Å². The van der Waals surface area contributed by atoms with Crippen LogP contribution in [0.25, 0.3) is 0 Å². The molecule has 0 saturated carbocycles. The average molecular weight is 186 g/mol. The van der Waals surface area contributed by atoms with E-state index in [4.69, 9.17) is 4.74 Å². The number of piperidine rings is 1. The lowest BCUT2D eigenvalue weighted by Crippen LogP contribution is -2.55. The summed E-state index contributed by atoms with van der Waals surface area (Å²) in [7, 11) is 1.72. The Morgan fingerprint density at radius 3 is 1.85 bits per heavy atom. The molecule has 3 nitrogen and oxygen atoms in total. The Kier molecular flexibility index (Phi) is 2.50. The number of hydrogen-bond donors (Lipinski definition) is 0. The van der Waals surface area contributed by atoms with Crippen molar-refractivity contribution in [2.24, 2.45) is 0 Å². The van der Waals surface area contributed by atoms with E-state index in [9.17, 15) is 4.91 Å². The monoisotopic (exact) mass is 186 g/mol. The molecule has 13 heavy (non-hydrogen) atoms. The van der Waals surface area contributed by atoms with E-state index < -0.39 is 0 Å². The highest BCUT2D eigenvalue weighted by molar-refractivity contribution is 4.86. The fraction of sp³-hybridized carbons (Fsp3) is 1.00. The second-order valence-electron chi connectivity index (χ2n) is 5.19. The van der Waals surface area contributed by atoms with Gasteiger partial charge in [0.15, 0.2) is 0 Å². The zero-order valence-electron chi connectivity index (χ0n) is 9.26. The van der Waals surface area contributed by atoms with E-state index in [1.54, 1.807) is 7.11 Å². The van der Waals surface area contributed by atoms with Crippen molar-refractivity contribution >= 4 is 0 Å². The fourth-order valence-corrected chi connectivity index (χ4v) is 2.34. The zero-order chi connectivity index (χ0) is 10.3. The Morgan fingerprint density at radius 1 is 1.15 bits per heavy atom. The maximum absolute atomic E-state index is 11.9. The van der Waals surface area contributed by atoms with Gasteiger partial charge in [-0.25, -0.2) is 0 Å². The van der Waals surface area contributed by atoms with Crippen LogP contribution in [0.15, 0.2) is 0 Å². The van der Waals surface area contributed by atoms with Crippen molar-refractivity contribution in [2.75, 3.05) is 7.11 Å². The second kappa shape index (κ2) is 3.05. The van der Waals surface area contributed by atoms with Gasteiger partial charge in [-0.15, -0.1) is 0 Å². The van der Waals surface area contributed by atoms with Gasteiger partial charge in [-0.3, -0.25) is 0 Å². The zero-order valence-corrected chi connectivity index (χ0v) is 9.26. The fourth-order valence-electron chi connectivity index (χ4n) is 2.34. The van der Waals surface area contributed by atoms with E-state index in [0.29, 0.717) is 0 Å².